The lowest BCUT2D eigenvalue weighted by molar-refractivity contribution is -0.123. The van der Waals surface area contributed by atoms with E-state index in [9.17, 15) is 4.79 Å². The Labute approximate surface area is 162 Å². The van der Waals surface area contributed by atoms with Gasteiger partial charge in [-0.1, -0.05) is 54.4 Å². The van der Waals surface area contributed by atoms with Gasteiger partial charge in [0, 0.05) is 6.54 Å². The van der Waals surface area contributed by atoms with Crippen molar-refractivity contribution in [3.63, 3.8) is 0 Å². The highest BCUT2D eigenvalue weighted by Crippen LogP contribution is 2.24. The minimum Gasteiger partial charge on any atom is -0.484 e. The van der Waals surface area contributed by atoms with E-state index in [-0.39, 0.29) is 18.6 Å². The fourth-order valence-electron chi connectivity index (χ4n) is 3.60. The number of carbonyl (C=O) groups is 1. The Balaban J connectivity index is 1.59. The summed E-state index contributed by atoms with van der Waals surface area (Å²) in [5.41, 5.74) is 3.56. The Kier molecular flexibility index (Phi) is 6.88. The first-order valence-electron chi connectivity index (χ1n) is 9.89. The summed E-state index contributed by atoms with van der Waals surface area (Å²) in [5.74, 6) is 0.686. The molecule has 1 N–H and O–H groups in total. The van der Waals surface area contributed by atoms with Gasteiger partial charge < -0.3 is 10.1 Å². The number of nitrogens with one attached hydrogen (secondary N) is 1. The lowest BCUT2D eigenvalue weighted by Gasteiger charge is -2.35. The van der Waals surface area contributed by atoms with Gasteiger partial charge in [0.25, 0.3) is 5.91 Å². The van der Waals surface area contributed by atoms with Crippen LogP contribution in [0.4, 0.5) is 0 Å². The average Bonchev–Trinajstić information content (AvgIpc) is 2.69. The number of nitrogens with zero attached hydrogens (tertiary/aromatic N) is 1. The van der Waals surface area contributed by atoms with Gasteiger partial charge in [-0.25, -0.2) is 0 Å². The predicted octanol–water partition coefficient (Wildman–Crippen LogP) is 4.03. The van der Waals surface area contributed by atoms with Crippen molar-refractivity contribution in [3.8, 4) is 5.75 Å². The van der Waals surface area contributed by atoms with Gasteiger partial charge in [0.15, 0.2) is 6.61 Å². The van der Waals surface area contributed by atoms with Crippen LogP contribution in [0.15, 0.2) is 48.5 Å². The average molecular weight is 367 g/mol. The maximum Gasteiger partial charge on any atom is 0.258 e. The van der Waals surface area contributed by atoms with E-state index >= 15 is 0 Å². The lowest BCUT2D eigenvalue weighted by atomic mass is 10.0. The molecular formula is C23H30N2O2. The standard InChI is InChI=1S/C23H30N2O2/c1-18-10-12-20(13-11-18)21(25-14-6-3-7-15-25)16-24-23(26)17-27-22-9-5-4-8-19(22)2/h4-5,8-13,21H,3,6-7,14-17H2,1-2H3,(H,24,26). The van der Waals surface area contributed by atoms with Gasteiger partial charge in [-0.05, 0) is 57.0 Å². The molecule has 0 bridgehead atoms. The fourth-order valence-corrected chi connectivity index (χ4v) is 3.60. The number of rotatable bonds is 7. The number of benzene rings is 2. The minimum absolute atomic E-state index is 0.0471. The van der Waals surface area contributed by atoms with E-state index in [0.29, 0.717) is 6.54 Å². The Morgan fingerprint density at radius 3 is 2.44 bits per heavy atom. The Morgan fingerprint density at radius 1 is 1.04 bits per heavy atom. The van der Waals surface area contributed by atoms with E-state index in [1.807, 2.05) is 31.2 Å². The first-order chi connectivity index (χ1) is 13.1. The second kappa shape index (κ2) is 9.56. The summed E-state index contributed by atoms with van der Waals surface area (Å²) >= 11 is 0. The summed E-state index contributed by atoms with van der Waals surface area (Å²) in [6, 6.07) is 16.6. The topological polar surface area (TPSA) is 41.6 Å². The summed E-state index contributed by atoms with van der Waals surface area (Å²) in [6.07, 6.45) is 3.76. The van der Waals surface area contributed by atoms with Crippen LogP contribution in [-0.2, 0) is 4.79 Å². The molecule has 1 heterocycles. The van der Waals surface area contributed by atoms with Crippen LogP contribution < -0.4 is 10.1 Å². The highest BCUT2D eigenvalue weighted by molar-refractivity contribution is 5.77. The van der Waals surface area contributed by atoms with Gasteiger partial charge in [-0.3, -0.25) is 9.69 Å². The van der Waals surface area contributed by atoms with Crippen LogP contribution in [0.2, 0.25) is 0 Å². The van der Waals surface area contributed by atoms with Crippen molar-refractivity contribution >= 4 is 5.91 Å². The van der Waals surface area contributed by atoms with Gasteiger partial charge in [0.05, 0.1) is 6.04 Å². The molecule has 0 saturated carbocycles. The summed E-state index contributed by atoms with van der Waals surface area (Å²) in [6.45, 7) is 6.92. The Bertz CT molecular complexity index is 736. The third-order valence-electron chi connectivity index (χ3n) is 5.24. The van der Waals surface area contributed by atoms with Crippen molar-refractivity contribution in [1.29, 1.82) is 0 Å². The molecule has 0 aromatic heterocycles. The maximum atomic E-state index is 12.3. The van der Waals surface area contributed by atoms with Crippen molar-refractivity contribution < 1.29 is 9.53 Å². The van der Waals surface area contributed by atoms with Crippen LogP contribution in [0.5, 0.6) is 5.75 Å². The van der Waals surface area contributed by atoms with E-state index < -0.39 is 0 Å². The molecule has 144 valence electrons. The molecule has 1 unspecified atom stereocenters. The van der Waals surface area contributed by atoms with Crippen LogP contribution in [0.3, 0.4) is 0 Å². The molecule has 1 aliphatic rings. The molecule has 2 aromatic carbocycles. The number of aryl methyl sites for hydroxylation is 2. The summed E-state index contributed by atoms with van der Waals surface area (Å²) in [4.78, 5) is 14.8. The molecular weight excluding hydrogens is 336 g/mol. The summed E-state index contributed by atoms with van der Waals surface area (Å²) < 4.78 is 5.67. The van der Waals surface area contributed by atoms with Gasteiger partial charge in [-0.2, -0.15) is 0 Å². The molecule has 1 fully saturated rings. The third kappa shape index (κ3) is 5.57. The molecule has 2 aromatic rings. The maximum absolute atomic E-state index is 12.3. The van der Waals surface area contributed by atoms with Crippen molar-refractivity contribution in [1.82, 2.24) is 10.2 Å². The van der Waals surface area contributed by atoms with Crippen molar-refractivity contribution in [3.05, 3.63) is 65.2 Å². The molecule has 4 heteroatoms. The number of amides is 1. The quantitative estimate of drug-likeness (QED) is 0.804. The van der Waals surface area contributed by atoms with E-state index in [1.165, 1.54) is 30.4 Å². The molecule has 1 atom stereocenters. The second-order valence-electron chi connectivity index (χ2n) is 7.38. The number of hydrogen-bond acceptors (Lipinski definition) is 3. The van der Waals surface area contributed by atoms with Crippen molar-refractivity contribution in [2.45, 2.75) is 39.2 Å². The van der Waals surface area contributed by atoms with Crippen molar-refractivity contribution in [2.75, 3.05) is 26.2 Å². The molecule has 0 spiro atoms. The molecule has 4 nitrogen and oxygen atoms in total. The van der Waals surface area contributed by atoms with Gasteiger partial charge in [-0.15, -0.1) is 0 Å². The van der Waals surface area contributed by atoms with Crippen LogP contribution in [0.1, 0.15) is 42.0 Å². The van der Waals surface area contributed by atoms with Crippen molar-refractivity contribution in [2.24, 2.45) is 0 Å². The largest absolute Gasteiger partial charge is 0.484 e. The highest BCUT2D eigenvalue weighted by atomic mass is 16.5. The van der Waals surface area contributed by atoms with Crippen LogP contribution in [0.25, 0.3) is 0 Å². The number of piperidine rings is 1. The van der Waals surface area contributed by atoms with Crippen LogP contribution in [0, 0.1) is 13.8 Å². The molecule has 0 radical (unpaired) electrons. The summed E-state index contributed by atoms with van der Waals surface area (Å²) in [7, 11) is 0. The number of para-hydroxylation sites is 1. The predicted molar refractivity (Wildman–Crippen MR) is 109 cm³/mol. The number of ether oxygens (including phenoxy) is 1. The Morgan fingerprint density at radius 2 is 1.74 bits per heavy atom. The van der Waals surface area contributed by atoms with E-state index in [4.69, 9.17) is 4.74 Å². The zero-order valence-electron chi connectivity index (χ0n) is 16.4. The number of carbonyl (C=O) groups excluding carboxylic acids is 1. The minimum atomic E-state index is -0.0765. The molecule has 1 amide bonds. The molecule has 1 aliphatic heterocycles. The van der Waals surface area contributed by atoms with E-state index in [2.05, 4.69) is 41.4 Å². The zero-order valence-corrected chi connectivity index (χ0v) is 16.4. The fraction of sp³-hybridized carbons (Fsp3) is 0.435. The zero-order chi connectivity index (χ0) is 19.1. The monoisotopic (exact) mass is 366 g/mol. The first kappa shape index (κ1) is 19.4. The second-order valence-corrected chi connectivity index (χ2v) is 7.38. The highest BCUT2D eigenvalue weighted by Gasteiger charge is 2.22. The van der Waals surface area contributed by atoms with E-state index in [1.54, 1.807) is 0 Å². The lowest BCUT2D eigenvalue weighted by Crippen LogP contribution is -2.41. The van der Waals surface area contributed by atoms with E-state index in [0.717, 1.165) is 24.4 Å². The SMILES string of the molecule is Cc1ccc(C(CNC(=O)COc2ccccc2C)N2CCCCC2)cc1. The smallest absolute Gasteiger partial charge is 0.258 e. The van der Waals surface area contributed by atoms with Gasteiger partial charge >= 0.3 is 0 Å². The van der Waals surface area contributed by atoms with Crippen LogP contribution >= 0.6 is 0 Å². The normalized spacial score (nSPS) is 15.9. The number of hydrogen-bond donors (Lipinski definition) is 1. The van der Waals surface area contributed by atoms with Crippen LogP contribution in [-0.4, -0.2) is 37.0 Å². The summed E-state index contributed by atoms with van der Waals surface area (Å²) in [5, 5.41) is 3.08. The molecule has 1 saturated heterocycles. The molecule has 27 heavy (non-hydrogen) atoms. The van der Waals surface area contributed by atoms with Gasteiger partial charge in [0.1, 0.15) is 5.75 Å². The third-order valence-corrected chi connectivity index (χ3v) is 5.24. The molecule has 0 aliphatic carbocycles. The van der Waals surface area contributed by atoms with Gasteiger partial charge in [0.2, 0.25) is 0 Å². The number of likely N-dealkylation sites (tertiary alicyclic amines) is 1. The first-order valence-corrected chi connectivity index (χ1v) is 9.89. The molecule has 3 rings (SSSR count). The Hall–Kier alpha value is -2.33.